The van der Waals surface area contributed by atoms with Crippen LogP contribution in [-0.4, -0.2) is 103 Å². The number of likely N-dealkylation sites (tertiary alicyclic amines) is 1. The summed E-state index contributed by atoms with van der Waals surface area (Å²) in [6, 6.07) is 4.82. The van der Waals surface area contributed by atoms with Gasteiger partial charge < -0.3 is 30.3 Å². The number of carboxylic acids is 1. The monoisotopic (exact) mass is 702 g/mol. The van der Waals surface area contributed by atoms with Crippen LogP contribution in [-0.2, 0) is 14.4 Å². The van der Waals surface area contributed by atoms with Gasteiger partial charge in [-0.15, -0.1) is 16.4 Å². The number of urea groups is 1. The van der Waals surface area contributed by atoms with Gasteiger partial charge in [0.05, 0.1) is 13.2 Å². The van der Waals surface area contributed by atoms with Gasteiger partial charge in [-0.3, -0.25) is 9.59 Å². The van der Waals surface area contributed by atoms with Gasteiger partial charge in [0, 0.05) is 49.1 Å². The van der Waals surface area contributed by atoms with E-state index >= 15 is 0 Å². The van der Waals surface area contributed by atoms with Crippen molar-refractivity contribution in [2.45, 2.75) is 81.5 Å². The molecule has 14 nitrogen and oxygen atoms in total. The molecular weight excluding hydrogens is 661 g/mol. The number of nitrogens with zero attached hydrogens (tertiary/aromatic N) is 6. The molecular formula is C35H42N8O6S. The number of rotatable bonds is 6. The van der Waals surface area contributed by atoms with E-state index in [-0.39, 0.29) is 37.2 Å². The number of amides is 4. The number of hydrogen-bond acceptors (Lipinski definition) is 9. The van der Waals surface area contributed by atoms with E-state index in [2.05, 4.69) is 15.6 Å². The van der Waals surface area contributed by atoms with Crippen molar-refractivity contribution in [3.05, 3.63) is 48.0 Å². The average molecular weight is 703 g/mol. The van der Waals surface area contributed by atoms with Crippen molar-refractivity contribution in [3.63, 3.8) is 0 Å². The van der Waals surface area contributed by atoms with Crippen molar-refractivity contribution in [3.8, 4) is 27.7 Å². The van der Waals surface area contributed by atoms with Crippen LogP contribution in [0.5, 0.6) is 5.75 Å². The third kappa shape index (κ3) is 6.70. The minimum Gasteiger partial charge on any atom is -0.497 e. The van der Waals surface area contributed by atoms with Crippen LogP contribution in [0, 0.1) is 5.92 Å². The summed E-state index contributed by atoms with van der Waals surface area (Å²) in [4.78, 5) is 63.7. The lowest BCUT2D eigenvalue weighted by Crippen LogP contribution is -2.57. The molecule has 2 aromatic heterocycles. The Morgan fingerprint density at radius 2 is 1.84 bits per heavy atom. The van der Waals surface area contributed by atoms with Crippen LogP contribution < -0.4 is 15.4 Å². The van der Waals surface area contributed by atoms with E-state index in [1.54, 1.807) is 23.0 Å². The summed E-state index contributed by atoms with van der Waals surface area (Å²) in [6.07, 6.45) is 11.5. The minimum absolute atomic E-state index is 0.102. The molecule has 3 N–H and O–H groups in total. The van der Waals surface area contributed by atoms with Gasteiger partial charge in [-0.25, -0.2) is 14.6 Å². The summed E-state index contributed by atoms with van der Waals surface area (Å²) in [5.41, 5.74) is 0.535. The molecule has 2 saturated heterocycles. The number of methoxy groups -OCH3 is 1. The summed E-state index contributed by atoms with van der Waals surface area (Å²) >= 11 is 1.43. The van der Waals surface area contributed by atoms with E-state index in [0.717, 1.165) is 37.7 Å². The summed E-state index contributed by atoms with van der Waals surface area (Å²) in [6.45, 7) is 1.37. The lowest BCUT2D eigenvalue weighted by atomic mass is 10.0. The Balaban J connectivity index is 1.23. The summed E-state index contributed by atoms with van der Waals surface area (Å²) in [5, 5.41) is 28.3. The lowest BCUT2D eigenvalue weighted by Gasteiger charge is -2.30. The van der Waals surface area contributed by atoms with Crippen LogP contribution in [0.25, 0.3) is 22.0 Å². The zero-order valence-corrected chi connectivity index (χ0v) is 28.8. The van der Waals surface area contributed by atoms with Crippen molar-refractivity contribution in [2.24, 2.45) is 5.92 Å². The van der Waals surface area contributed by atoms with Gasteiger partial charge in [0.2, 0.25) is 11.8 Å². The molecule has 1 unspecified atom stereocenters. The van der Waals surface area contributed by atoms with Crippen LogP contribution in [0.2, 0.25) is 0 Å². The maximum absolute atomic E-state index is 14.5. The SMILES string of the molecule is COc1ccc(-c2nn(C3C[C@H]4C(=O)N[C@]5(C(=O)O)C[C@H]5/C=C\CCCCC[C@H](NC(=O)N5CCCC5)C(=O)N4C3)nc2-c2nccs2)cc1. The fraction of sp³-hybridized carbons (Fsp3) is 0.514. The predicted octanol–water partition coefficient (Wildman–Crippen LogP) is 3.87. The van der Waals surface area contributed by atoms with Crippen LogP contribution in [0.15, 0.2) is 48.0 Å². The fourth-order valence-corrected chi connectivity index (χ4v) is 7.94. The Bertz CT molecular complexity index is 1750. The predicted molar refractivity (Wildman–Crippen MR) is 184 cm³/mol. The summed E-state index contributed by atoms with van der Waals surface area (Å²) in [7, 11) is 1.60. The number of thiazole rings is 1. The number of aliphatic carboxylic acids is 1. The molecule has 3 aromatic rings. The molecule has 3 fully saturated rings. The molecule has 7 rings (SSSR count). The molecule has 264 valence electrons. The minimum atomic E-state index is -1.42. The molecule has 5 heterocycles. The Hall–Kier alpha value is -4.79. The highest BCUT2D eigenvalue weighted by Crippen LogP contribution is 2.46. The van der Waals surface area contributed by atoms with E-state index in [0.29, 0.717) is 48.1 Å². The maximum Gasteiger partial charge on any atom is 0.330 e. The van der Waals surface area contributed by atoms with Crippen molar-refractivity contribution >= 4 is 35.2 Å². The Morgan fingerprint density at radius 1 is 1.06 bits per heavy atom. The molecule has 1 aromatic carbocycles. The van der Waals surface area contributed by atoms with E-state index in [4.69, 9.17) is 14.9 Å². The van der Waals surface area contributed by atoms with Gasteiger partial charge in [0.1, 0.15) is 39.8 Å². The van der Waals surface area contributed by atoms with Crippen LogP contribution >= 0.6 is 11.3 Å². The molecule has 1 aliphatic carbocycles. The highest BCUT2D eigenvalue weighted by Gasteiger charge is 2.61. The number of ether oxygens (including phenoxy) is 1. The molecule has 0 spiro atoms. The van der Waals surface area contributed by atoms with Crippen LogP contribution in [0.1, 0.15) is 63.8 Å². The second kappa shape index (κ2) is 14.2. The van der Waals surface area contributed by atoms with E-state index in [9.17, 15) is 24.3 Å². The van der Waals surface area contributed by atoms with E-state index in [1.807, 2.05) is 41.8 Å². The number of fused-ring (bicyclic) bond motifs is 2. The molecule has 50 heavy (non-hydrogen) atoms. The van der Waals surface area contributed by atoms with Gasteiger partial charge in [-0.1, -0.05) is 25.0 Å². The smallest absolute Gasteiger partial charge is 0.330 e. The number of nitrogens with one attached hydrogen (secondary N) is 2. The number of carbonyl (C=O) groups excluding carboxylic acids is 3. The first-order chi connectivity index (χ1) is 24.3. The molecule has 4 aliphatic rings. The van der Waals surface area contributed by atoms with Crippen molar-refractivity contribution in [1.82, 2.24) is 40.4 Å². The van der Waals surface area contributed by atoms with Gasteiger partial charge in [0.25, 0.3) is 0 Å². The highest BCUT2D eigenvalue weighted by atomic mass is 32.1. The third-order valence-corrected chi connectivity index (χ3v) is 11.1. The summed E-state index contributed by atoms with van der Waals surface area (Å²) < 4.78 is 5.34. The Morgan fingerprint density at radius 3 is 2.56 bits per heavy atom. The lowest BCUT2D eigenvalue weighted by molar-refractivity contribution is -0.145. The zero-order chi connectivity index (χ0) is 34.8. The molecule has 1 saturated carbocycles. The standard InChI is InChI=1S/C35H42N8O6S/c1-49-25-13-11-22(12-14-25)28-29(31-36-15-18-50-31)40-43(39-28)24-19-27-30(44)38-35(33(46)47)20-23(35)9-5-3-2-4-6-10-26(32(45)42(27)21-24)37-34(48)41-16-7-8-17-41/h5,9,11-15,18,23-24,26-27H,2-4,6-8,10,16-17,19-21H2,1H3,(H,37,48)(H,38,44)(H,46,47)/b9-5-/t23-,24?,26+,27+,35-/m1/s1. The van der Waals surface area contributed by atoms with Gasteiger partial charge in [0.15, 0.2) is 0 Å². The number of hydrogen-bond donors (Lipinski definition) is 3. The van der Waals surface area contributed by atoms with Crippen molar-refractivity contribution in [2.75, 3.05) is 26.7 Å². The molecule has 5 atom stereocenters. The normalized spacial score (nSPS) is 27.8. The summed E-state index contributed by atoms with van der Waals surface area (Å²) in [5.74, 6) is -1.64. The second-order valence-electron chi connectivity index (χ2n) is 13.5. The zero-order valence-electron chi connectivity index (χ0n) is 28.0. The fourth-order valence-electron chi connectivity index (χ4n) is 7.32. The molecule has 4 amide bonds. The number of aromatic nitrogens is 4. The number of carbonyl (C=O) groups is 4. The first kappa shape index (κ1) is 33.7. The van der Waals surface area contributed by atoms with E-state index in [1.165, 1.54) is 16.2 Å². The third-order valence-electron chi connectivity index (χ3n) is 10.3. The van der Waals surface area contributed by atoms with Crippen molar-refractivity contribution in [1.29, 1.82) is 0 Å². The second-order valence-corrected chi connectivity index (χ2v) is 14.4. The maximum atomic E-state index is 14.5. The number of allylic oxidation sites excluding steroid dienone is 1. The number of carboxylic acid groups (broad SMARTS) is 1. The van der Waals surface area contributed by atoms with Crippen LogP contribution in [0.3, 0.4) is 0 Å². The molecule has 15 heteroatoms. The largest absolute Gasteiger partial charge is 0.497 e. The van der Waals surface area contributed by atoms with Crippen molar-refractivity contribution < 1.29 is 29.0 Å². The Kier molecular flexibility index (Phi) is 9.58. The molecule has 3 aliphatic heterocycles. The van der Waals surface area contributed by atoms with Gasteiger partial charge in [-0.05, 0) is 62.8 Å². The Labute approximate surface area is 293 Å². The highest BCUT2D eigenvalue weighted by molar-refractivity contribution is 7.13. The van der Waals surface area contributed by atoms with Gasteiger partial charge in [-0.2, -0.15) is 9.90 Å². The topological polar surface area (TPSA) is 172 Å². The molecule has 0 radical (unpaired) electrons. The molecule has 0 bridgehead atoms. The van der Waals surface area contributed by atoms with Gasteiger partial charge >= 0.3 is 12.0 Å². The average Bonchev–Trinajstić information content (AvgIpc) is 3.77. The first-order valence-corrected chi connectivity index (χ1v) is 18.2. The quantitative estimate of drug-likeness (QED) is 0.323. The van der Waals surface area contributed by atoms with E-state index < -0.39 is 35.5 Å². The number of benzene rings is 1. The first-order valence-electron chi connectivity index (χ1n) is 17.4. The van der Waals surface area contributed by atoms with Crippen LogP contribution in [0.4, 0.5) is 4.79 Å².